The lowest BCUT2D eigenvalue weighted by Crippen LogP contribution is -2.39. The predicted octanol–water partition coefficient (Wildman–Crippen LogP) is 3.42. The van der Waals surface area contributed by atoms with E-state index in [1.807, 2.05) is 25.4 Å². The molecule has 2 aromatic rings. The molecule has 130 valence electrons. The van der Waals surface area contributed by atoms with Gasteiger partial charge in [0.2, 0.25) is 0 Å². The fourth-order valence-electron chi connectivity index (χ4n) is 3.30. The highest BCUT2D eigenvalue weighted by Gasteiger charge is 2.22. The van der Waals surface area contributed by atoms with Crippen LogP contribution in [0.2, 0.25) is 5.15 Å². The van der Waals surface area contributed by atoms with E-state index in [-0.39, 0.29) is 6.67 Å². The Hall–Kier alpha value is -1.66. The molecule has 2 aromatic heterocycles. The number of anilines is 1. The van der Waals surface area contributed by atoms with Crippen LogP contribution in [0.3, 0.4) is 0 Å². The summed E-state index contributed by atoms with van der Waals surface area (Å²) in [4.78, 5) is 4.20. The molecule has 1 fully saturated rings. The Morgan fingerprint density at radius 1 is 1.38 bits per heavy atom. The Balaban J connectivity index is 1.75. The van der Waals surface area contributed by atoms with Crippen LogP contribution in [-0.4, -0.2) is 40.1 Å². The van der Waals surface area contributed by atoms with E-state index in [9.17, 15) is 4.39 Å². The molecule has 0 amide bonds. The van der Waals surface area contributed by atoms with Crippen LogP contribution in [0, 0.1) is 0 Å². The number of pyridine rings is 1. The van der Waals surface area contributed by atoms with Crippen molar-refractivity contribution in [2.45, 2.75) is 37.8 Å². The van der Waals surface area contributed by atoms with Gasteiger partial charge in [0, 0.05) is 49.3 Å². The molecule has 0 bridgehead atoms. The largest absolute Gasteiger partial charge is 0.382 e. The number of rotatable bonds is 6. The first kappa shape index (κ1) is 17.2. The summed E-state index contributed by atoms with van der Waals surface area (Å²) in [5, 5.41) is 11.8. The molecule has 2 heterocycles. The molecule has 2 unspecified atom stereocenters. The van der Waals surface area contributed by atoms with Gasteiger partial charge in [0.1, 0.15) is 11.8 Å². The summed E-state index contributed by atoms with van der Waals surface area (Å²) in [6.07, 6.45) is 7.96. The number of aromatic nitrogens is 3. The molecule has 2 atom stereocenters. The monoisotopic (exact) mass is 351 g/mol. The third-order valence-electron chi connectivity index (χ3n) is 4.42. The van der Waals surface area contributed by atoms with Crippen LogP contribution in [0.4, 0.5) is 10.1 Å². The second kappa shape index (κ2) is 7.94. The molecule has 2 N–H and O–H groups in total. The van der Waals surface area contributed by atoms with Crippen LogP contribution in [0.25, 0.3) is 11.3 Å². The van der Waals surface area contributed by atoms with Crippen molar-refractivity contribution >= 4 is 17.3 Å². The molecule has 24 heavy (non-hydrogen) atoms. The highest BCUT2D eigenvalue weighted by molar-refractivity contribution is 6.29. The third-order valence-corrected chi connectivity index (χ3v) is 4.63. The van der Waals surface area contributed by atoms with Crippen molar-refractivity contribution in [3.05, 3.63) is 29.7 Å². The highest BCUT2D eigenvalue weighted by Crippen LogP contribution is 2.31. The Labute approximate surface area is 146 Å². The summed E-state index contributed by atoms with van der Waals surface area (Å²) >= 11 is 6.09. The van der Waals surface area contributed by atoms with E-state index in [0.29, 0.717) is 23.8 Å². The summed E-state index contributed by atoms with van der Waals surface area (Å²) in [5.74, 6) is 0. The van der Waals surface area contributed by atoms with Crippen molar-refractivity contribution in [1.82, 2.24) is 20.1 Å². The average molecular weight is 352 g/mol. The standard InChI is InChI=1S/C17H23ClFN5/c1-24-8-5-15(23-24)14-11-21-17(18)10-16(14)22-13-4-2-3-12(9-13)20-7-6-19/h5,8,10-13,20H,2-4,6-7,9H2,1H3,(H,21,22). The molecule has 1 aliphatic carbocycles. The van der Waals surface area contributed by atoms with Gasteiger partial charge in [0.05, 0.1) is 5.69 Å². The summed E-state index contributed by atoms with van der Waals surface area (Å²) < 4.78 is 14.1. The fraction of sp³-hybridized carbons (Fsp3) is 0.529. The summed E-state index contributed by atoms with van der Waals surface area (Å²) in [5.41, 5.74) is 2.76. The van der Waals surface area contributed by atoms with Gasteiger partial charge in [-0.2, -0.15) is 5.10 Å². The van der Waals surface area contributed by atoms with E-state index in [2.05, 4.69) is 20.7 Å². The van der Waals surface area contributed by atoms with Gasteiger partial charge in [-0.05, 0) is 37.8 Å². The maximum atomic E-state index is 12.4. The van der Waals surface area contributed by atoms with Gasteiger partial charge in [-0.1, -0.05) is 11.6 Å². The number of halogens is 2. The van der Waals surface area contributed by atoms with Crippen molar-refractivity contribution in [2.24, 2.45) is 7.05 Å². The first-order chi connectivity index (χ1) is 11.7. The van der Waals surface area contributed by atoms with Gasteiger partial charge in [-0.15, -0.1) is 0 Å². The van der Waals surface area contributed by atoms with Crippen LogP contribution < -0.4 is 10.6 Å². The zero-order valence-corrected chi connectivity index (χ0v) is 14.6. The van der Waals surface area contributed by atoms with Crippen molar-refractivity contribution in [3.8, 4) is 11.3 Å². The molecule has 1 saturated carbocycles. The summed E-state index contributed by atoms with van der Waals surface area (Å²) in [6.45, 7) is 0.107. The van der Waals surface area contributed by atoms with E-state index >= 15 is 0 Å². The van der Waals surface area contributed by atoms with Gasteiger partial charge in [-0.25, -0.2) is 9.37 Å². The molecule has 0 aromatic carbocycles. The molecule has 0 aliphatic heterocycles. The summed E-state index contributed by atoms with van der Waals surface area (Å²) in [7, 11) is 1.89. The first-order valence-electron chi connectivity index (χ1n) is 8.37. The van der Waals surface area contributed by atoms with Crippen molar-refractivity contribution in [1.29, 1.82) is 0 Å². The number of alkyl halides is 1. The van der Waals surface area contributed by atoms with E-state index in [0.717, 1.165) is 42.6 Å². The quantitative estimate of drug-likeness (QED) is 0.783. The van der Waals surface area contributed by atoms with Gasteiger partial charge in [-0.3, -0.25) is 4.68 Å². The van der Waals surface area contributed by atoms with Gasteiger partial charge in [0.15, 0.2) is 0 Å². The predicted molar refractivity (Wildman–Crippen MR) is 95.1 cm³/mol. The molecule has 7 heteroatoms. The van der Waals surface area contributed by atoms with Gasteiger partial charge >= 0.3 is 0 Å². The number of nitrogens with one attached hydrogen (secondary N) is 2. The molecule has 1 aliphatic rings. The average Bonchev–Trinajstić information content (AvgIpc) is 3.00. The first-order valence-corrected chi connectivity index (χ1v) is 8.75. The molecular formula is C17H23ClFN5. The lowest BCUT2D eigenvalue weighted by atomic mass is 9.90. The number of hydrogen-bond acceptors (Lipinski definition) is 4. The zero-order valence-electron chi connectivity index (χ0n) is 13.8. The van der Waals surface area contributed by atoms with Crippen LogP contribution in [0.1, 0.15) is 25.7 Å². The second-order valence-corrected chi connectivity index (χ2v) is 6.66. The minimum Gasteiger partial charge on any atom is -0.382 e. The van der Waals surface area contributed by atoms with Crippen molar-refractivity contribution < 1.29 is 4.39 Å². The second-order valence-electron chi connectivity index (χ2n) is 6.28. The number of hydrogen-bond donors (Lipinski definition) is 2. The van der Waals surface area contributed by atoms with E-state index in [4.69, 9.17) is 11.6 Å². The Morgan fingerprint density at radius 2 is 2.21 bits per heavy atom. The molecular weight excluding hydrogens is 329 g/mol. The van der Waals surface area contributed by atoms with Crippen LogP contribution >= 0.6 is 11.6 Å². The molecule has 0 radical (unpaired) electrons. The maximum absolute atomic E-state index is 12.4. The Bertz CT molecular complexity index is 675. The zero-order chi connectivity index (χ0) is 16.9. The van der Waals surface area contributed by atoms with Gasteiger partial charge < -0.3 is 10.6 Å². The molecule has 0 spiro atoms. The van der Waals surface area contributed by atoms with Crippen molar-refractivity contribution in [2.75, 3.05) is 18.5 Å². The van der Waals surface area contributed by atoms with E-state index in [1.54, 1.807) is 10.9 Å². The lowest BCUT2D eigenvalue weighted by molar-refractivity contribution is 0.337. The Kier molecular flexibility index (Phi) is 5.68. The molecule has 5 nitrogen and oxygen atoms in total. The smallest absolute Gasteiger partial charge is 0.131 e. The van der Waals surface area contributed by atoms with Crippen LogP contribution in [-0.2, 0) is 7.05 Å². The topological polar surface area (TPSA) is 54.8 Å². The number of aryl methyl sites for hydroxylation is 1. The SMILES string of the molecule is Cn1ccc(-c2cnc(Cl)cc2NC2CCCC(NCCF)C2)n1. The van der Waals surface area contributed by atoms with Crippen LogP contribution in [0.5, 0.6) is 0 Å². The maximum Gasteiger partial charge on any atom is 0.131 e. The van der Waals surface area contributed by atoms with Crippen molar-refractivity contribution in [3.63, 3.8) is 0 Å². The van der Waals surface area contributed by atoms with E-state index in [1.165, 1.54) is 0 Å². The van der Waals surface area contributed by atoms with Crippen LogP contribution in [0.15, 0.2) is 24.5 Å². The minimum atomic E-state index is -0.321. The lowest BCUT2D eigenvalue weighted by Gasteiger charge is -2.31. The van der Waals surface area contributed by atoms with E-state index < -0.39 is 0 Å². The molecule has 3 rings (SSSR count). The normalized spacial score (nSPS) is 21.0. The highest BCUT2D eigenvalue weighted by atomic mass is 35.5. The number of nitrogens with zero attached hydrogens (tertiary/aromatic N) is 3. The van der Waals surface area contributed by atoms with Gasteiger partial charge in [0.25, 0.3) is 0 Å². The Morgan fingerprint density at radius 3 is 2.96 bits per heavy atom. The molecule has 0 saturated heterocycles. The summed E-state index contributed by atoms with van der Waals surface area (Å²) in [6, 6.07) is 4.51. The fourth-order valence-corrected chi connectivity index (χ4v) is 3.45. The minimum absolute atomic E-state index is 0.321. The third kappa shape index (κ3) is 4.24.